The average Bonchev–Trinajstić information content (AvgIpc) is 3.44. The quantitative estimate of drug-likeness (QED) is 0.0261. The second-order valence-corrected chi connectivity index (χ2v) is 22.7. The van der Waals surface area contributed by atoms with Crippen molar-refractivity contribution in [2.24, 2.45) is 0 Å². The molecule has 0 bridgehead atoms. The van der Waals surface area contributed by atoms with Gasteiger partial charge in [0.25, 0.3) is 0 Å². The zero-order chi connectivity index (χ0) is 56.4. The number of rotatable bonds is 62. The van der Waals surface area contributed by atoms with Gasteiger partial charge in [0.15, 0.2) is 6.10 Å². The van der Waals surface area contributed by atoms with Crippen LogP contribution in [0.5, 0.6) is 0 Å². The van der Waals surface area contributed by atoms with Gasteiger partial charge in [-0.3, -0.25) is 14.4 Å². The molecule has 0 rings (SSSR count). The summed E-state index contributed by atoms with van der Waals surface area (Å²) in [7, 11) is 0. The molecule has 0 aromatic rings. The van der Waals surface area contributed by atoms with E-state index in [4.69, 9.17) is 14.2 Å². The molecule has 452 valence electrons. The standard InChI is InChI=1S/C72H128O6/c1-4-7-10-13-16-19-22-25-27-29-31-33-34-35-36-37-38-40-41-43-45-47-50-53-56-59-62-65-71(74)77-68-69(67-76-70(73)64-61-58-55-52-49-24-21-18-15-12-9-6-3)78-72(75)66-63-60-57-54-51-48-46-44-42-39-32-30-28-26-23-20-17-14-11-8-5-2/h8,11,17-18,20-21,26,28,32,39,44,46,69H,4-7,9-10,12-16,19,22-25,27,29-31,33-38,40-43,45,47-68H2,1-3H3/b11-8-,20-17-,21-18-,28-26-,39-32-,46-44-. The highest BCUT2D eigenvalue weighted by atomic mass is 16.6. The van der Waals surface area contributed by atoms with E-state index < -0.39 is 6.10 Å². The minimum atomic E-state index is -0.789. The van der Waals surface area contributed by atoms with Crippen LogP contribution in [-0.4, -0.2) is 37.2 Å². The van der Waals surface area contributed by atoms with Crippen molar-refractivity contribution in [3.63, 3.8) is 0 Å². The molecule has 0 aliphatic carbocycles. The maximum absolute atomic E-state index is 12.9. The lowest BCUT2D eigenvalue weighted by atomic mass is 10.0. The summed E-state index contributed by atoms with van der Waals surface area (Å²) >= 11 is 0. The number of carbonyl (C=O) groups is 3. The Labute approximate surface area is 484 Å². The van der Waals surface area contributed by atoms with Crippen molar-refractivity contribution in [1.29, 1.82) is 0 Å². The van der Waals surface area contributed by atoms with Crippen LogP contribution in [0.15, 0.2) is 72.9 Å². The lowest BCUT2D eigenvalue weighted by Crippen LogP contribution is -2.30. The van der Waals surface area contributed by atoms with Crippen molar-refractivity contribution in [1.82, 2.24) is 0 Å². The highest BCUT2D eigenvalue weighted by molar-refractivity contribution is 5.71. The van der Waals surface area contributed by atoms with Crippen LogP contribution in [0.1, 0.15) is 348 Å². The molecule has 78 heavy (non-hydrogen) atoms. The first-order chi connectivity index (χ1) is 38.5. The Balaban J connectivity index is 4.25. The van der Waals surface area contributed by atoms with Crippen LogP contribution in [0.3, 0.4) is 0 Å². The number of unbranched alkanes of at least 4 members (excludes halogenated alkanes) is 39. The molecule has 0 fully saturated rings. The summed E-state index contributed by atoms with van der Waals surface area (Å²) in [6.07, 6.45) is 86.5. The van der Waals surface area contributed by atoms with Gasteiger partial charge in [0.2, 0.25) is 0 Å². The Morgan fingerprint density at radius 3 is 0.821 bits per heavy atom. The molecule has 0 heterocycles. The molecule has 0 aromatic carbocycles. The average molecular weight is 1090 g/mol. The van der Waals surface area contributed by atoms with E-state index in [1.807, 2.05) is 0 Å². The SMILES string of the molecule is CC/C=C\C/C=C\C/C=C\C/C=C\C/C=C\CCCCCCCC(=O)OC(COC(=O)CCCCCCC/C=C\CCCCC)COC(=O)CCCCCCCCCCCCCCCCCCCCCCCCCCCCC. The van der Waals surface area contributed by atoms with E-state index in [0.29, 0.717) is 19.3 Å². The van der Waals surface area contributed by atoms with Crippen molar-refractivity contribution >= 4 is 17.9 Å². The van der Waals surface area contributed by atoms with Crippen molar-refractivity contribution in [2.75, 3.05) is 13.2 Å². The lowest BCUT2D eigenvalue weighted by molar-refractivity contribution is -0.167. The second kappa shape index (κ2) is 66.4. The molecule has 0 saturated carbocycles. The van der Waals surface area contributed by atoms with Crippen molar-refractivity contribution in [3.8, 4) is 0 Å². The van der Waals surface area contributed by atoms with E-state index in [2.05, 4.69) is 93.7 Å². The van der Waals surface area contributed by atoms with E-state index in [-0.39, 0.29) is 31.1 Å². The maximum atomic E-state index is 12.9. The summed E-state index contributed by atoms with van der Waals surface area (Å²) in [5.74, 6) is -0.895. The third-order valence-electron chi connectivity index (χ3n) is 14.9. The first kappa shape index (κ1) is 74.8. The van der Waals surface area contributed by atoms with Crippen molar-refractivity contribution < 1.29 is 28.6 Å². The molecule has 6 nitrogen and oxygen atoms in total. The molecule has 1 atom stereocenters. The van der Waals surface area contributed by atoms with Crippen molar-refractivity contribution in [3.05, 3.63) is 72.9 Å². The number of esters is 3. The summed E-state index contributed by atoms with van der Waals surface area (Å²) in [6.45, 7) is 6.53. The predicted molar refractivity (Wildman–Crippen MR) is 339 cm³/mol. The van der Waals surface area contributed by atoms with Gasteiger partial charge in [0.05, 0.1) is 0 Å². The third kappa shape index (κ3) is 63.7. The fourth-order valence-electron chi connectivity index (χ4n) is 9.88. The number of allylic oxidation sites excluding steroid dienone is 12. The van der Waals surface area contributed by atoms with Gasteiger partial charge in [-0.2, -0.15) is 0 Å². The summed E-state index contributed by atoms with van der Waals surface area (Å²) in [5, 5.41) is 0. The highest BCUT2D eigenvalue weighted by Crippen LogP contribution is 2.18. The molecular formula is C72H128O6. The molecule has 0 aliphatic heterocycles. The highest BCUT2D eigenvalue weighted by Gasteiger charge is 2.19. The van der Waals surface area contributed by atoms with Crippen LogP contribution < -0.4 is 0 Å². The Kier molecular flexibility index (Phi) is 63.7. The normalized spacial score (nSPS) is 12.5. The molecule has 0 aromatic heterocycles. The largest absolute Gasteiger partial charge is 0.462 e. The number of hydrogen-bond donors (Lipinski definition) is 0. The topological polar surface area (TPSA) is 78.9 Å². The van der Waals surface area contributed by atoms with Gasteiger partial charge in [-0.15, -0.1) is 0 Å². The Morgan fingerprint density at radius 1 is 0.269 bits per heavy atom. The zero-order valence-corrected chi connectivity index (χ0v) is 51.9. The Bertz CT molecular complexity index is 1440. The summed E-state index contributed by atoms with van der Waals surface area (Å²) in [4.78, 5) is 38.3. The van der Waals surface area contributed by atoms with Crippen LogP contribution in [0, 0.1) is 0 Å². The zero-order valence-electron chi connectivity index (χ0n) is 51.9. The maximum Gasteiger partial charge on any atom is 0.306 e. The molecule has 0 spiro atoms. The molecule has 1 unspecified atom stereocenters. The van der Waals surface area contributed by atoms with E-state index in [1.165, 1.54) is 193 Å². The molecule has 0 amide bonds. The summed E-state index contributed by atoms with van der Waals surface area (Å²) in [6, 6.07) is 0. The lowest BCUT2D eigenvalue weighted by Gasteiger charge is -2.18. The van der Waals surface area contributed by atoms with E-state index in [9.17, 15) is 14.4 Å². The fraction of sp³-hybridized carbons (Fsp3) is 0.792. The number of hydrogen-bond acceptors (Lipinski definition) is 6. The Hall–Kier alpha value is -3.15. The smallest absolute Gasteiger partial charge is 0.306 e. The molecular weight excluding hydrogens is 961 g/mol. The summed E-state index contributed by atoms with van der Waals surface area (Å²) < 4.78 is 16.9. The van der Waals surface area contributed by atoms with Crippen LogP contribution in [0.2, 0.25) is 0 Å². The third-order valence-corrected chi connectivity index (χ3v) is 14.9. The first-order valence-corrected chi connectivity index (χ1v) is 33.9. The molecule has 0 aliphatic rings. The van der Waals surface area contributed by atoms with E-state index in [0.717, 1.165) is 116 Å². The van der Waals surface area contributed by atoms with Crippen LogP contribution in [0.4, 0.5) is 0 Å². The van der Waals surface area contributed by atoms with Crippen LogP contribution >= 0.6 is 0 Å². The van der Waals surface area contributed by atoms with Crippen LogP contribution in [-0.2, 0) is 28.6 Å². The molecule has 0 radical (unpaired) electrons. The van der Waals surface area contributed by atoms with E-state index >= 15 is 0 Å². The van der Waals surface area contributed by atoms with Gasteiger partial charge in [-0.1, -0.05) is 312 Å². The van der Waals surface area contributed by atoms with Gasteiger partial charge in [-0.05, 0) is 89.9 Å². The monoisotopic (exact) mass is 1090 g/mol. The van der Waals surface area contributed by atoms with Gasteiger partial charge in [0, 0.05) is 19.3 Å². The van der Waals surface area contributed by atoms with E-state index in [1.54, 1.807) is 0 Å². The van der Waals surface area contributed by atoms with Crippen molar-refractivity contribution in [2.45, 2.75) is 354 Å². The molecule has 0 N–H and O–H groups in total. The second-order valence-electron chi connectivity index (χ2n) is 22.7. The van der Waals surface area contributed by atoms with Gasteiger partial charge >= 0.3 is 17.9 Å². The minimum Gasteiger partial charge on any atom is -0.462 e. The van der Waals surface area contributed by atoms with Gasteiger partial charge < -0.3 is 14.2 Å². The summed E-state index contributed by atoms with van der Waals surface area (Å²) in [5.41, 5.74) is 0. The first-order valence-electron chi connectivity index (χ1n) is 33.9. The predicted octanol–water partition coefficient (Wildman–Crippen LogP) is 23.3. The molecule has 6 heteroatoms. The van der Waals surface area contributed by atoms with Crippen LogP contribution in [0.25, 0.3) is 0 Å². The van der Waals surface area contributed by atoms with Gasteiger partial charge in [0.1, 0.15) is 13.2 Å². The number of carbonyl (C=O) groups excluding carboxylic acids is 3. The number of ether oxygens (including phenoxy) is 3. The molecule has 0 saturated heterocycles. The fourth-order valence-corrected chi connectivity index (χ4v) is 9.88. The Morgan fingerprint density at radius 2 is 0.500 bits per heavy atom. The minimum absolute atomic E-state index is 0.0831. The van der Waals surface area contributed by atoms with Gasteiger partial charge in [-0.25, -0.2) is 0 Å².